The summed E-state index contributed by atoms with van der Waals surface area (Å²) in [5, 5.41) is 10.3. The van der Waals surface area contributed by atoms with Gasteiger partial charge in [-0.15, -0.1) is 11.8 Å². The quantitative estimate of drug-likeness (QED) is 0.220. The second-order valence-corrected chi connectivity index (χ2v) is 7.88. The van der Waals surface area contributed by atoms with E-state index in [4.69, 9.17) is 0 Å². The van der Waals surface area contributed by atoms with Crippen LogP contribution in [0, 0.1) is 17.8 Å². The van der Waals surface area contributed by atoms with E-state index in [2.05, 4.69) is 16.6 Å². The predicted molar refractivity (Wildman–Crippen MR) is 112 cm³/mol. The molecule has 0 saturated carbocycles. The molecular formula is C23H35F2NO4. The average molecular weight is 428 g/mol. The number of alkyl halides is 2. The number of aliphatic hydroxyl groups excluding tert-OH is 1. The van der Waals surface area contributed by atoms with Crippen LogP contribution in [0.15, 0.2) is 12.2 Å². The normalized spacial score (nSPS) is 20.1. The summed E-state index contributed by atoms with van der Waals surface area (Å²) in [6, 6.07) is -0.726. The van der Waals surface area contributed by atoms with Gasteiger partial charge in [-0.25, -0.2) is 0 Å². The van der Waals surface area contributed by atoms with Crippen LogP contribution in [-0.4, -0.2) is 53.6 Å². The zero-order valence-electron chi connectivity index (χ0n) is 18.3. The van der Waals surface area contributed by atoms with E-state index in [0.29, 0.717) is 25.7 Å². The minimum absolute atomic E-state index is 0.119. The minimum atomic E-state index is -3.37. The molecule has 1 aliphatic rings. The van der Waals surface area contributed by atoms with Crippen molar-refractivity contribution in [2.24, 2.45) is 5.92 Å². The van der Waals surface area contributed by atoms with Crippen LogP contribution in [0.2, 0.25) is 0 Å². The number of halogens is 2. The van der Waals surface area contributed by atoms with Crippen molar-refractivity contribution in [3.63, 3.8) is 0 Å². The first-order valence-corrected chi connectivity index (χ1v) is 10.8. The molecule has 170 valence electrons. The fourth-order valence-corrected chi connectivity index (χ4v) is 3.27. The molecule has 1 amide bonds. The van der Waals surface area contributed by atoms with Crippen LogP contribution >= 0.6 is 0 Å². The molecule has 1 rings (SSSR count). The fraction of sp³-hybridized carbons (Fsp3) is 0.739. The summed E-state index contributed by atoms with van der Waals surface area (Å²) in [5.41, 5.74) is 0. The van der Waals surface area contributed by atoms with Gasteiger partial charge in [0.25, 0.3) is 5.91 Å². The largest absolute Gasteiger partial charge is 0.469 e. The molecule has 0 aromatic carbocycles. The van der Waals surface area contributed by atoms with Gasteiger partial charge in [0.15, 0.2) is 0 Å². The van der Waals surface area contributed by atoms with Crippen molar-refractivity contribution in [2.75, 3.05) is 13.7 Å². The van der Waals surface area contributed by atoms with E-state index in [-0.39, 0.29) is 18.4 Å². The van der Waals surface area contributed by atoms with Crippen LogP contribution in [0.1, 0.15) is 71.6 Å². The number of methoxy groups -OCH3 is 1. The highest BCUT2D eigenvalue weighted by molar-refractivity contribution is 5.86. The van der Waals surface area contributed by atoms with Crippen LogP contribution in [0.4, 0.5) is 8.78 Å². The first kappa shape index (κ1) is 26.1. The summed E-state index contributed by atoms with van der Waals surface area (Å²) >= 11 is 0. The molecule has 0 aromatic rings. The van der Waals surface area contributed by atoms with E-state index in [0.717, 1.165) is 25.7 Å². The Balaban J connectivity index is 2.55. The van der Waals surface area contributed by atoms with Gasteiger partial charge in [0.05, 0.1) is 19.3 Å². The molecule has 0 aliphatic carbocycles. The minimum Gasteiger partial charge on any atom is -0.469 e. The maximum Gasteiger partial charge on any atom is 0.327 e. The monoisotopic (exact) mass is 427 g/mol. The molecule has 0 spiro atoms. The van der Waals surface area contributed by atoms with Gasteiger partial charge in [-0.2, -0.15) is 8.78 Å². The highest BCUT2D eigenvalue weighted by Crippen LogP contribution is 2.34. The van der Waals surface area contributed by atoms with Gasteiger partial charge >= 0.3 is 11.9 Å². The van der Waals surface area contributed by atoms with E-state index in [9.17, 15) is 23.5 Å². The first-order chi connectivity index (χ1) is 14.2. The number of amides is 1. The zero-order chi connectivity index (χ0) is 22.6. The van der Waals surface area contributed by atoms with Crippen LogP contribution in [-0.2, 0) is 14.3 Å². The number of carbonyl (C=O) groups is 2. The topological polar surface area (TPSA) is 66.8 Å². The molecule has 5 nitrogen and oxygen atoms in total. The number of nitrogens with zero attached hydrogens (tertiary/aromatic N) is 1. The van der Waals surface area contributed by atoms with Gasteiger partial charge in [0.2, 0.25) is 0 Å². The second kappa shape index (κ2) is 13.4. The predicted octanol–water partition coefficient (Wildman–Crippen LogP) is 4.09. The standard InChI is InChI=1S/C23H35F2NO4/c1-4-5-6-9-12-18(2)20(27)15-14-19-17-23(24,25)22(29)26(19)16-11-8-7-10-13-21(28)30-3/h14-15,18-20,27H,4-5,7-8,10-13,16-17H2,1-3H3/t18-,19-,20-/m0/s1. The number of ether oxygens (including phenoxy) is 1. The van der Waals surface area contributed by atoms with Crippen molar-refractivity contribution >= 4 is 11.9 Å². The van der Waals surface area contributed by atoms with E-state index >= 15 is 0 Å². The molecule has 1 N–H and O–H groups in total. The van der Waals surface area contributed by atoms with Crippen molar-refractivity contribution in [2.45, 2.75) is 89.7 Å². The number of rotatable bonds is 12. The van der Waals surface area contributed by atoms with Crippen LogP contribution in [0.5, 0.6) is 0 Å². The van der Waals surface area contributed by atoms with E-state index < -0.39 is 30.4 Å². The highest BCUT2D eigenvalue weighted by atomic mass is 19.3. The Hall–Kier alpha value is -1.94. The first-order valence-electron chi connectivity index (χ1n) is 10.8. The summed E-state index contributed by atoms with van der Waals surface area (Å²) in [7, 11) is 1.34. The third-order valence-electron chi connectivity index (χ3n) is 5.23. The van der Waals surface area contributed by atoms with E-state index in [1.807, 2.05) is 13.8 Å². The van der Waals surface area contributed by atoms with Crippen molar-refractivity contribution < 1.29 is 28.2 Å². The fourth-order valence-electron chi connectivity index (χ4n) is 3.27. The van der Waals surface area contributed by atoms with Crippen LogP contribution in [0.25, 0.3) is 0 Å². The van der Waals surface area contributed by atoms with Crippen LogP contribution < -0.4 is 0 Å². The van der Waals surface area contributed by atoms with Gasteiger partial charge in [-0.3, -0.25) is 9.59 Å². The van der Waals surface area contributed by atoms with E-state index in [1.165, 1.54) is 24.2 Å². The van der Waals surface area contributed by atoms with E-state index in [1.54, 1.807) is 0 Å². The lowest BCUT2D eigenvalue weighted by molar-refractivity contribution is -0.148. The molecule has 30 heavy (non-hydrogen) atoms. The molecule has 0 unspecified atom stereocenters. The number of esters is 1. The Morgan fingerprint density at radius 1 is 1.33 bits per heavy atom. The number of aliphatic hydroxyl groups is 1. The highest BCUT2D eigenvalue weighted by Gasteiger charge is 2.52. The smallest absolute Gasteiger partial charge is 0.327 e. The summed E-state index contributed by atoms with van der Waals surface area (Å²) in [5.74, 6) is 1.14. The summed E-state index contributed by atoms with van der Waals surface area (Å²) in [6.07, 6.45) is 7.08. The Kier molecular flexibility index (Phi) is 11.6. The molecule has 3 atom stereocenters. The van der Waals surface area contributed by atoms with Gasteiger partial charge in [0, 0.05) is 32.2 Å². The Bertz CT molecular complexity index is 639. The Morgan fingerprint density at radius 3 is 2.70 bits per heavy atom. The molecule has 1 heterocycles. The van der Waals surface area contributed by atoms with Gasteiger partial charge in [0.1, 0.15) is 0 Å². The van der Waals surface area contributed by atoms with Gasteiger partial charge in [-0.1, -0.05) is 38.8 Å². The average Bonchev–Trinajstić information content (AvgIpc) is 2.94. The Morgan fingerprint density at radius 2 is 2.03 bits per heavy atom. The third-order valence-corrected chi connectivity index (χ3v) is 5.23. The maximum atomic E-state index is 14.0. The zero-order valence-corrected chi connectivity index (χ0v) is 18.3. The molecule has 1 saturated heterocycles. The summed E-state index contributed by atoms with van der Waals surface area (Å²) in [4.78, 5) is 24.4. The van der Waals surface area contributed by atoms with Crippen molar-refractivity contribution in [1.29, 1.82) is 0 Å². The van der Waals surface area contributed by atoms with Crippen molar-refractivity contribution in [3.05, 3.63) is 12.2 Å². The summed E-state index contributed by atoms with van der Waals surface area (Å²) < 4.78 is 32.5. The Labute approximate surface area is 178 Å². The molecular weight excluding hydrogens is 392 g/mol. The molecule has 1 fully saturated rings. The molecule has 0 aromatic heterocycles. The molecule has 0 bridgehead atoms. The number of likely N-dealkylation sites (tertiary alicyclic amines) is 1. The lowest BCUT2D eigenvalue weighted by atomic mass is 9.99. The summed E-state index contributed by atoms with van der Waals surface area (Å²) in [6.45, 7) is 4.13. The molecule has 7 heteroatoms. The maximum absolute atomic E-state index is 14.0. The third kappa shape index (κ3) is 8.83. The van der Waals surface area contributed by atoms with Crippen molar-refractivity contribution in [3.8, 4) is 11.8 Å². The number of carbonyl (C=O) groups excluding carboxylic acids is 2. The lowest BCUT2D eigenvalue weighted by Gasteiger charge is -2.22. The second-order valence-electron chi connectivity index (χ2n) is 7.88. The molecule has 0 radical (unpaired) electrons. The number of unbranched alkanes of at least 4 members (excludes halogenated alkanes) is 4. The van der Waals surface area contributed by atoms with Gasteiger partial charge in [-0.05, 0) is 25.2 Å². The van der Waals surface area contributed by atoms with Crippen LogP contribution in [0.3, 0.4) is 0 Å². The lowest BCUT2D eigenvalue weighted by Crippen LogP contribution is -2.36. The number of hydrogen-bond donors (Lipinski definition) is 1. The number of hydrogen-bond acceptors (Lipinski definition) is 4. The SMILES string of the molecule is CCCC#CC[C@H](C)[C@@H](O)C=C[C@H]1CC(F)(F)C(=O)N1CCCCCCC(=O)OC. The molecule has 1 aliphatic heterocycles. The van der Waals surface area contributed by atoms with Gasteiger partial charge < -0.3 is 14.7 Å². The van der Waals surface area contributed by atoms with Crippen molar-refractivity contribution in [1.82, 2.24) is 4.90 Å².